The molecule has 0 aromatic heterocycles. The normalized spacial score (nSPS) is 19.4. The topological polar surface area (TPSA) is 49.3 Å². The fourth-order valence-corrected chi connectivity index (χ4v) is 1.71. The number of carbonyl (C=O) groups is 1. The summed E-state index contributed by atoms with van der Waals surface area (Å²) in [5.41, 5.74) is 0. The zero-order valence-electron chi connectivity index (χ0n) is 7.04. The maximum atomic E-state index is 10.1. The van der Waals surface area contributed by atoms with E-state index in [1.165, 1.54) is 19.0 Å². The van der Waals surface area contributed by atoms with E-state index in [1.54, 1.807) is 0 Å². The van der Waals surface area contributed by atoms with Crippen LogP contribution in [0.25, 0.3) is 0 Å². The van der Waals surface area contributed by atoms with Gasteiger partial charge in [-0.05, 0) is 19.1 Å². The largest absolute Gasteiger partial charge is 0.478 e. The Morgan fingerprint density at radius 3 is 2.83 bits per heavy atom. The summed E-state index contributed by atoms with van der Waals surface area (Å²) >= 11 is 1.85. The number of hydrogen-bond donors (Lipinski definition) is 2. The van der Waals surface area contributed by atoms with Gasteiger partial charge in [-0.3, -0.25) is 0 Å². The van der Waals surface area contributed by atoms with Crippen LogP contribution in [0.3, 0.4) is 0 Å². The Morgan fingerprint density at radius 2 is 2.42 bits per heavy atom. The van der Waals surface area contributed by atoms with Crippen LogP contribution in [-0.4, -0.2) is 28.6 Å². The van der Waals surface area contributed by atoms with Crippen LogP contribution >= 0.6 is 11.8 Å². The molecular formula is C8H13NO2S. The number of thioether (sulfide) groups is 1. The molecule has 0 spiro atoms. The molecule has 0 bridgehead atoms. The quantitative estimate of drug-likeness (QED) is 0.632. The molecule has 1 saturated carbocycles. The van der Waals surface area contributed by atoms with Gasteiger partial charge in [-0.2, -0.15) is 11.8 Å². The first-order chi connectivity index (χ1) is 5.68. The van der Waals surface area contributed by atoms with Crippen molar-refractivity contribution in [3.63, 3.8) is 0 Å². The van der Waals surface area contributed by atoms with Crippen LogP contribution in [0.1, 0.15) is 12.8 Å². The smallest absolute Gasteiger partial charge is 0.329 e. The summed E-state index contributed by atoms with van der Waals surface area (Å²) in [5.74, 6) is -0.906. The van der Waals surface area contributed by atoms with E-state index in [4.69, 9.17) is 5.11 Å². The van der Waals surface area contributed by atoms with Gasteiger partial charge in [0.25, 0.3) is 0 Å². The molecule has 68 valence electrons. The van der Waals surface area contributed by atoms with Crippen molar-refractivity contribution in [2.75, 3.05) is 12.8 Å². The van der Waals surface area contributed by atoms with E-state index < -0.39 is 5.97 Å². The predicted octanol–water partition coefficient (Wildman–Crippen LogP) is 1.07. The fourth-order valence-electron chi connectivity index (χ4n) is 0.968. The lowest BCUT2D eigenvalue weighted by Gasteiger charge is -2.10. The van der Waals surface area contributed by atoms with Crippen LogP contribution in [0.2, 0.25) is 0 Å². The number of aliphatic carboxylic acids is 1. The third-order valence-electron chi connectivity index (χ3n) is 2.01. The van der Waals surface area contributed by atoms with Crippen LogP contribution in [0.5, 0.6) is 0 Å². The van der Waals surface area contributed by atoms with Crippen LogP contribution in [-0.2, 0) is 4.79 Å². The number of hydrogen-bond acceptors (Lipinski definition) is 3. The fraction of sp³-hybridized carbons (Fsp3) is 0.625. The average Bonchev–Trinajstić information content (AvgIpc) is 2.79. The SMILES string of the molecule is CSC1(CN/C=C/C(=O)O)CC1. The second-order valence-electron chi connectivity index (χ2n) is 2.94. The van der Waals surface area contributed by atoms with Gasteiger partial charge in [0.05, 0.1) is 0 Å². The minimum Gasteiger partial charge on any atom is -0.478 e. The van der Waals surface area contributed by atoms with E-state index in [0.29, 0.717) is 4.75 Å². The predicted molar refractivity (Wildman–Crippen MR) is 50.3 cm³/mol. The summed E-state index contributed by atoms with van der Waals surface area (Å²) in [6, 6.07) is 0. The molecule has 2 N–H and O–H groups in total. The number of rotatable bonds is 5. The van der Waals surface area contributed by atoms with Gasteiger partial charge < -0.3 is 10.4 Å². The number of nitrogens with one attached hydrogen (secondary N) is 1. The van der Waals surface area contributed by atoms with Crippen LogP contribution < -0.4 is 5.32 Å². The van der Waals surface area contributed by atoms with E-state index in [9.17, 15) is 4.79 Å². The Morgan fingerprint density at radius 1 is 1.75 bits per heavy atom. The van der Waals surface area contributed by atoms with Crippen molar-refractivity contribution in [1.82, 2.24) is 5.32 Å². The van der Waals surface area contributed by atoms with Crippen LogP contribution in [0, 0.1) is 0 Å². The second-order valence-corrected chi connectivity index (χ2v) is 4.21. The van der Waals surface area contributed by atoms with Crippen molar-refractivity contribution < 1.29 is 9.90 Å². The maximum Gasteiger partial charge on any atom is 0.329 e. The molecule has 4 heteroatoms. The van der Waals surface area contributed by atoms with Crippen molar-refractivity contribution in [2.24, 2.45) is 0 Å². The van der Waals surface area contributed by atoms with Gasteiger partial charge >= 0.3 is 5.97 Å². The molecule has 1 rings (SSSR count). The Bertz CT molecular complexity index is 199. The standard InChI is InChI=1S/C8H13NO2S/c1-12-8(3-4-8)6-9-5-2-7(10)11/h2,5,9H,3-4,6H2,1H3,(H,10,11)/b5-2+. The van der Waals surface area contributed by atoms with Gasteiger partial charge in [0.2, 0.25) is 0 Å². The first-order valence-electron chi connectivity index (χ1n) is 3.87. The number of carboxylic acid groups (broad SMARTS) is 1. The van der Waals surface area contributed by atoms with E-state index >= 15 is 0 Å². The second kappa shape index (κ2) is 3.85. The highest BCUT2D eigenvalue weighted by atomic mass is 32.2. The average molecular weight is 187 g/mol. The summed E-state index contributed by atoms with van der Waals surface area (Å²) in [6.45, 7) is 0.873. The molecule has 1 fully saturated rings. The summed E-state index contributed by atoms with van der Waals surface area (Å²) in [4.78, 5) is 10.1. The first kappa shape index (κ1) is 9.45. The minimum atomic E-state index is -0.906. The maximum absolute atomic E-state index is 10.1. The van der Waals surface area contributed by atoms with Gasteiger partial charge in [-0.1, -0.05) is 0 Å². The van der Waals surface area contributed by atoms with Crippen molar-refractivity contribution in [3.05, 3.63) is 12.3 Å². The van der Waals surface area contributed by atoms with Gasteiger partial charge in [-0.15, -0.1) is 0 Å². The zero-order valence-corrected chi connectivity index (χ0v) is 7.86. The molecule has 3 nitrogen and oxygen atoms in total. The van der Waals surface area contributed by atoms with E-state index in [0.717, 1.165) is 12.6 Å². The molecule has 0 unspecified atom stereocenters. The Hall–Kier alpha value is -0.640. The highest BCUT2D eigenvalue weighted by molar-refractivity contribution is 8.00. The molecule has 1 aliphatic carbocycles. The Labute approximate surface area is 76.2 Å². The van der Waals surface area contributed by atoms with Gasteiger partial charge in [0.1, 0.15) is 0 Å². The highest BCUT2D eigenvalue weighted by Crippen LogP contribution is 2.46. The molecule has 12 heavy (non-hydrogen) atoms. The Balaban J connectivity index is 2.14. The van der Waals surface area contributed by atoms with Gasteiger partial charge in [0.15, 0.2) is 0 Å². The molecule has 0 amide bonds. The van der Waals surface area contributed by atoms with E-state index in [2.05, 4.69) is 11.6 Å². The number of carboxylic acids is 1. The lowest BCUT2D eigenvalue weighted by Crippen LogP contribution is -2.21. The van der Waals surface area contributed by atoms with Crippen molar-refractivity contribution in [2.45, 2.75) is 17.6 Å². The molecule has 0 aliphatic heterocycles. The highest BCUT2D eigenvalue weighted by Gasteiger charge is 2.41. The molecule has 0 heterocycles. The van der Waals surface area contributed by atoms with Crippen molar-refractivity contribution in [1.29, 1.82) is 0 Å². The lowest BCUT2D eigenvalue weighted by molar-refractivity contribution is -0.131. The summed E-state index contributed by atoms with van der Waals surface area (Å²) in [6.07, 6.45) is 7.19. The summed E-state index contributed by atoms with van der Waals surface area (Å²) < 4.78 is 0.392. The molecule has 0 radical (unpaired) electrons. The summed E-state index contributed by atoms with van der Waals surface area (Å²) in [5, 5.41) is 11.3. The molecule has 0 aromatic rings. The molecule has 1 aliphatic rings. The molecule has 0 saturated heterocycles. The molecule has 0 atom stereocenters. The third kappa shape index (κ3) is 2.77. The summed E-state index contributed by atoms with van der Waals surface area (Å²) in [7, 11) is 0. The van der Waals surface area contributed by atoms with E-state index in [-0.39, 0.29) is 0 Å². The van der Waals surface area contributed by atoms with Crippen LogP contribution in [0.15, 0.2) is 12.3 Å². The Kier molecular flexibility index (Phi) is 3.03. The monoisotopic (exact) mass is 187 g/mol. The van der Waals surface area contributed by atoms with E-state index in [1.807, 2.05) is 11.8 Å². The van der Waals surface area contributed by atoms with Gasteiger partial charge in [-0.25, -0.2) is 4.79 Å². The molecular weight excluding hydrogens is 174 g/mol. The van der Waals surface area contributed by atoms with Crippen molar-refractivity contribution in [3.8, 4) is 0 Å². The zero-order chi connectivity index (χ0) is 9.03. The first-order valence-corrected chi connectivity index (χ1v) is 5.09. The third-order valence-corrected chi connectivity index (χ3v) is 3.43. The van der Waals surface area contributed by atoms with Crippen molar-refractivity contribution >= 4 is 17.7 Å². The van der Waals surface area contributed by atoms with Crippen LogP contribution in [0.4, 0.5) is 0 Å². The minimum absolute atomic E-state index is 0.392. The van der Waals surface area contributed by atoms with Gasteiger partial charge in [0, 0.05) is 23.6 Å². The lowest BCUT2D eigenvalue weighted by atomic mass is 10.4. The molecule has 0 aromatic carbocycles.